The summed E-state index contributed by atoms with van der Waals surface area (Å²) in [6.07, 6.45) is -0.439. The molecule has 0 unspecified atom stereocenters. The largest absolute Gasteiger partial charge is 0.390 e. The van der Waals surface area contributed by atoms with Gasteiger partial charge in [-0.1, -0.05) is 19.9 Å². The van der Waals surface area contributed by atoms with Gasteiger partial charge in [-0.15, -0.1) is 0 Å². The van der Waals surface area contributed by atoms with Gasteiger partial charge in [0.05, 0.1) is 19.2 Å². The quantitative estimate of drug-likeness (QED) is 0.270. The molecule has 1 aliphatic carbocycles. The molecule has 0 radical (unpaired) electrons. The number of aliphatic hydroxyl groups excluding tert-OH is 2. The van der Waals surface area contributed by atoms with E-state index in [1.165, 1.54) is 13.0 Å². The average molecular weight is 371 g/mol. The van der Waals surface area contributed by atoms with Crippen LogP contribution in [0.3, 0.4) is 0 Å². The van der Waals surface area contributed by atoms with Gasteiger partial charge in [0.1, 0.15) is 12.1 Å². The number of rotatable bonds is 8. The summed E-state index contributed by atoms with van der Waals surface area (Å²) in [5, 5.41) is 27.1. The van der Waals surface area contributed by atoms with E-state index in [0.717, 1.165) is 0 Å². The normalized spacial score (nSPS) is 25.2. The predicted octanol–water partition coefficient (Wildman–Crippen LogP) is -2.88. The zero-order valence-electron chi connectivity index (χ0n) is 15.7. The van der Waals surface area contributed by atoms with Gasteiger partial charge in [0.15, 0.2) is 6.04 Å². The third-order valence-electron chi connectivity index (χ3n) is 4.41. The van der Waals surface area contributed by atoms with E-state index in [1.807, 2.05) is 13.8 Å². The lowest BCUT2D eigenvalue weighted by Gasteiger charge is -2.32. The van der Waals surface area contributed by atoms with E-state index in [9.17, 15) is 24.6 Å². The van der Waals surface area contributed by atoms with Crippen LogP contribution in [0.15, 0.2) is 11.6 Å². The van der Waals surface area contributed by atoms with Crippen LogP contribution in [0.4, 0.5) is 0 Å². The third kappa shape index (κ3) is 6.08. The van der Waals surface area contributed by atoms with Crippen LogP contribution in [-0.2, 0) is 14.4 Å². The van der Waals surface area contributed by atoms with E-state index < -0.39 is 36.1 Å². The van der Waals surface area contributed by atoms with Crippen molar-refractivity contribution in [3.05, 3.63) is 11.6 Å². The lowest BCUT2D eigenvalue weighted by atomic mass is 9.89. The summed E-state index contributed by atoms with van der Waals surface area (Å²) in [5.41, 5.74) is 5.30. The molecule has 0 aliphatic heterocycles. The van der Waals surface area contributed by atoms with E-state index in [0.29, 0.717) is 12.3 Å². The average Bonchev–Trinajstić information content (AvgIpc) is 2.55. The summed E-state index contributed by atoms with van der Waals surface area (Å²) in [7, 11) is 1.79. The molecule has 0 saturated carbocycles. The van der Waals surface area contributed by atoms with Crippen molar-refractivity contribution in [2.75, 3.05) is 7.05 Å². The number of amides is 3. The first kappa shape index (κ1) is 22.1. The van der Waals surface area contributed by atoms with E-state index in [1.54, 1.807) is 12.4 Å². The van der Waals surface area contributed by atoms with Crippen molar-refractivity contribution in [1.29, 1.82) is 0 Å². The fraction of sp³-hybridized carbons (Fsp3) is 0.706. The lowest BCUT2D eigenvalue weighted by molar-refractivity contribution is -0.651. The Morgan fingerprint density at radius 1 is 1.31 bits per heavy atom. The van der Waals surface area contributed by atoms with Crippen molar-refractivity contribution >= 4 is 17.7 Å². The van der Waals surface area contributed by atoms with Crippen LogP contribution < -0.4 is 21.7 Å². The van der Waals surface area contributed by atoms with Crippen LogP contribution in [0.5, 0.6) is 0 Å². The highest BCUT2D eigenvalue weighted by Crippen LogP contribution is 2.20. The van der Waals surface area contributed by atoms with Crippen molar-refractivity contribution in [3.63, 3.8) is 0 Å². The molecule has 8 N–H and O–H groups in total. The maximum absolute atomic E-state index is 12.4. The Kier molecular flexibility index (Phi) is 8.19. The molecule has 148 valence electrons. The van der Waals surface area contributed by atoms with Crippen molar-refractivity contribution in [1.82, 2.24) is 10.6 Å². The van der Waals surface area contributed by atoms with Gasteiger partial charge < -0.3 is 31.9 Å². The van der Waals surface area contributed by atoms with Crippen LogP contribution >= 0.6 is 0 Å². The molecule has 5 atom stereocenters. The number of nitrogens with one attached hydrogen (secondary N) is 2. The lowest BCUT2D eigenvalue weighted by Crippen LogP contribution is -2.89. The number of hydrogen-bond donors (Lipinski definition) is 6. The predicted molar refractivity (Wildman–Crippen MR) is 94.5 cm³/mol. The number of hydrogen-bond acceptors (Lipinski definition) is 5. The van der Waals surface area contributed by atoms with E-state index in [-0.39, 0.29) is 23.9 Å². The van der Waals surface area contributed by atoms with Gasteiger partial charge in [0, 0.05) is 18.4 Å². The molecule has 26 heavy (non-hydrogen) atoms. The zero-order chi connectivity index (χ0) is 20.0. The van der Waals surface area contributed by atoms with Crippen molar-refractivity contribution in [3.8, 4) is 0 Å². The molecular formula is C17H31N4O5+. The van der Waals surface area contributed by atoms with Gasteiger partial charge in [0.2, 0.25) is 11.8 Å². The monoisotopic (exact) mass is 371 g/mol. The van der Waals surface area contributed by atoms with Crippen LogP contribution in [0, 0.1) is 5.92 Å². The van der Waals surface area contributed by atoms with Crippen LogP contribution in [0.25, 0.3) is 0 Å². The molecule has 1 aliphatic rings. The van der Waals surface area contributed by atoms with E-state index in [2.05, 4.69) is 10.6 Å². The number of likely N-dealkylation sites (N-methyl/N-ethyl adjacent to an activating group) is 1. The maximum Gasteiger partial charge on any atom is 0.278 e. The molecule has 0 aromatic heterocycles. The minimum atomic E-state index is -1.22. The molecule has 3 amide bonds. The fourth-order valence-corrected chi connectivity index (χ4v) is 2.80. The van der Waals surface area contributed by atoms with Crippen LogP contribution in [0.1, 0.15) is 33.6 Å². The van der Waals surface area contributed by atoms with Gasteiger partial charge in [0.25, 0.3) is 5.91 Å². The highest BCUT2D eigenvalue weighted by Gasteiger charge is 2.35. The van der Waals surface area contributed by atoms with Gasteiger partial charge in [-0.3, -0.25) is 14.4 Å². The number of nitrogens with two attached hydrogens (primary N) is 2. The Morgan fingerprint density at radius 3 is 2.42 bits per heavy atom. The first-order valence-electron chi connectivity index (χ1n) is 8.83. The number of aliphatic hydroxyl groups is 2. The summed E-state index contributed by atoms with van der Waals surface area (Å²) in [6, 6.07) is -2.10. The minimum Gasteiger partial charge on any atom is -0.390 e. The highest BCUT2D eigenvalue weighted by atomic mass is 16.3. The van der Waals surface area contributed by atoms with Crippen molar-refractivity contribution in [2.45, 2.75) is 63.9 Å². The second kappa shape index (κ2) is 9.65. The van der Waals surface area contributed by atoms with E-state index in [4.69, 9.17) is 5.73 Å². The Bertz CT molecular complexity index is 563. The highest BCUT2D eigenvalue weighted by molar-refractivity contribution is 5.97. The second-order valence-corrected chi connectivity index (χ2v) is 7.16. The molecule has 0 heterocycles. The number of carbonyl (C=O) groups is 3. The summed E-state index contributed by atoms with van der Waals surface area (Å²) in [5.74, 6) is -1.21. The number of quaternary nitrogens is 1. The molecule has 1 rings (SSSR count). The Morgan fingerprint density at radius 2 is 1.92 bits per heavy atom. The maximum atomic E-state index is 12.4. The molecule has 0 aromatic rings. The molecular weight excluding hydrogens is 340 g/mol. The fourth-order valence-electron chi connectivity index (χ4n) is 2.80. The molecule has 9 heteroatoms. The van der Waals surface area contributed by atoms with Gasteiger partial charge in [-0.25, -0.2) is 0 Å². The summed E-state index contributed by atoms with van der Waals surface area (Å²) < 4.78 is 0. The zero-order valence-corrected chi connectivity index (χ0v) is 15.7. The first-order chi connectivity index (χ1) is 12.1. The van der Waals surface area contributed by atoms with Crippen LogP contribution in [0.2, 0.25) is 0 Å². The topological polar surface area (TPSA) is 158 Å². The standard InChI is InChI=1S/C17H30N4O5/c1-8(2)5-12(19-4)17(26)21-11-6-10(7-13(22)14(11)23)16(25)20-9(3)15(18)24/h6,8-9,11-14,19,22-23H,5,7H2,1-4H3,(H2,18,24)(H,20,25)(H,21,26)/p+1/t9-,11-,12+,13-,14-/m1/s1. The van der Waals surface area contributed by atoms with Crippen molar-refractivity contribution < 1.29 is 29.9 Å². The molecule has 0 aromatic carbocycles. The minimum absolute atomic E-state index is 0.0832. The molecule has 0 fully saturated rings. The van der Waals surface area contributed by atoms with Gasteiger partial charge in [-0.2, -0.15) is 0 Å². The molecule has 0 spiro atoms. The molecule has 0 saturated heterocycles. The number of carbonyl (C=O) groups excluding carboxylic acids is 3. The Balaban J connectivity index is 2.89. The molecule has 0 bridgehead atoms. The van der Waals surface area contributed by atoms with Crippen molar-refractivity contribution in [2.24, 2.45) is 11.7 Å². The SMILES string of the molecule is C[NH2+][C@@H](CC(C)C)C(=O)N[C@@H]1C=C(C(=O)N[C@H](C)C(N)=O)C[C@@H](O)[C@@H]1O. The third-order valence-corrected chi connectivity index (χ3v) is 4.41. The molecule has 9 nitrogen and oxygen atoms in total. The smallest absolute Gasteiger partial charge is 0.278 e. The van der Waals surface area contributed by atoms with Gasteiger partial charge >= 0.3 is 0 Å². The summed E-state index contributed by atoms with van der Waals surface area (Å²) in [4.78, 5) is 35.8. The number of primary amides is 1. The van der Waals surface area contributed by atoms with Gasteiger partial charge in [-0.05, 0) is 12.8 Å². The van der Waals surface area contributed by atoms with E-state index >= 15 is 0 Å². The first-order valence-corrected chi connectivity index (χ1v) is 8.83. The summed E-state index contributed by atoms with van der Waals surface area (Å²) in [6.45, 7) is 5.46. The Hall–Kier alpha value is -1.97. The Labute approximate surface area is 153 Å². The second-order valence-electron chi connectivity index (χ2n) is 7.16. The van der Waals surface area contributed by atoms with Crippen LogP contribution in [-0.4, -0.2) is 65.3 Å². The summed E-state index contributed by atoms with van der Waals surface area (Å²) >= 11 is 0.